The van der Waals surface area contributed by atoms with Gasteiger partial charge in [-0.15, -0.1) is 0 Å². The highest BCUT2D eigenvalue weighted by molar-refractivity contribution is 14.1. The first kappa shape index (κ1) is 16.4. The molecule has 5 heteroatoms. The van der Waals surface area contributed by atoms with Crippen LogP contribution >= 0.6 is 22.6 Å². The molecule has 0 saturated heterocycles. The molecule has 1 N–H and O–H groups in total. The van der Waals surface area contributed by atoms with Crippen LogP contribution in [0.1, 0.15) is 15.9 Å². The lowest BCUT2D eigenvalue weighted by Gasteiger charge is -2.09. The second kappa shape index (κ2) is 7.92. The Morgan fingerprint density at radius 3 is 2.62 bits per heavy atom. The Morgan fingerprint density at radius 2 is 1.88 bits per heavy atom. The van der Waals surface area contributed by atoms with Crippen molar-refractivity contribution in [3.05, 3.63) is 87.6 Å². The molecular weight excluding hydrogens is 415 g/mol. The number of pyridine rings is 1. The highest BCUT2D eigenvalue weighted by Gasteiger charge is 2.08. The van der Waals surface area contributed by atoms with E-state index in [2.05, 4.69) is 32.9 Å². The van der Waals surface area contributed by atoms with Crippen LogP contribution in [0.4, 0.5) is 5.82 Å². The smallest absolute Gasteiger partial charge is 0.256 e. The molecule has 0 aliphatic rings. The summed E-state index contributed by atoms with van der Waals surface area (Å²) in [5, 5.41) is 2.78. The summed E-state index contributed by atoms with van der Waals surface area (Å²) in [6.45, 7) is 0.463. The molecule has 0 atom stereocenters. The molecule has 0 aliphatic carbocycles. The minimum absolute atomic E-state index is 0.214. The number of hydrogen-bond donors (Lipinski definition) is 1. The molecule has 1 amide bonds. The Hall–Kier alpha value is -2.41. The SMILES string of the molecule is O=C(Nc1ccc(I)cn1)c1cccc(OCc2ccccc2)c1. The summed E-state index contributed by atoms with van der Waals surface area (Å²) in [5.74, 6) is 0.965. The number of benzene rings is 2. The molecule has 24 heavy (non-hydrogen) atoms. The zero-order valence-electron chi connectivity index (χ0n) is 12.8. The van der Waals surface area contributed by atoms with Gasteiger partial charge in [-0.1, -0.05) is 36.4 Å². The average Bonchev–Trinajstić information content (AvgIpc) is 2.63. The van der Waals surface area contributed by atoms with Crippen molar-refractivity contribution in [1.82, 2.24) is 4.98 Å². The van der Waals surface area contributed by atoms with E-state index in [1.165, 1.54) is 0 Å². The minimum Gasteiger partial charge on any atom is -0.489 e. The van der Waals surface area contributed by atoms with Crippen LogP contribution in [-0.2, 0) is 6.61 Å². The van der Waals surface area contributed by atoms with Crippen molar-refractivity contribution < 1.29 is 9.53 Å². The van der Waals surface area contributed by atoms with E-state index in [1.54, 1.807) is 30.5 Å². The van der Waals surface area contributed by atoms with Crippen molar-refractivity contribution >= 4 is 34.3 Å². The summed E-state index contributed by atoms with van der Waals surface area (Å²) in [7, 11) is 0. The average molecular weight is 430 g/mol. The van der Waals surface area contributed by atoms with Gasteiger partial charge in [0.2, 0.25) is 0 Å². The monoisotopic (exact) mass is 430 g/mol. The second-order valence-corrected chi connectivity index (χ2v) is 6.36. The van der Waals surface area contributed by atoms with Crippen molar-refractivity contribution in [1.29, 1.82) is 0 Å². The molecule has 0 fully saturated rings. The van der Waals surface area contributed by atoms with E-state index in [1.807, 2.05) is 42.5 Å². The molecule has 0 saturated carbocycles. The zero-order chi connectivity index (χ0) is 16.8. The van der Waals surface area contributed by atoms with Crippen molar-refractivity contribution in [2.24, 2.45) is 0 Å². The number of nitrogens with one attached hydrogen (secondary N) is 1. The first-order valence-corrected chi connectivity index (χ1v) is 8.48. The van der Waals surface area contributed by atoms with Crippen LogP contribution in [0.3, 0.4) is 0 Å². The number of carbonyl (C=O) groups excluding carboxylic acids is 1. The predicted octanol–water partition coefficient (Wildman–Crippen LogP) is 4.52. The number of ether oxygens (including phenoxy) is 1. The molecule has 0 aliphatic heterocycles. The number of carbonyl (C=O) groups is 1. The van der Waals surface area contributed by atoms with Gasteiger partial charge in [-0.2, -0.15) is 0 Å². The molecule has 0 unspecified atom stereocenters. The lowest BCUT2D eigenvalue weighted by Crippen LogP contribution is -2.13. The van der Waals surface area contributed by atoms with E-state index in [9.17, 15) is 4.79 Å². The fourth-order valence-corrected chi connectivity index (χ4v) is 2.43. The molecule has 3 aromatic rings. The summed E-state index contributed by atoms with van der Waals surface area (Å²) in [4.78, 5) is 16.5. The van der Waals surface area contributed by atoms with Gasteiger partial charge in [0.05, 0.1) is 0 Å². The van der Waals surface area contributed by atoms with Gasteiger partial charge >= 0.3 is 0 Å². The number of hydrogen-bond acceptors (Lipinski definition) is 3. The van der Waals surface area contributed by atoms with Crippen LogP contribution < -0.4 is 10.1 Å². The van der Waals surface area contributed by atoms with Crippen LogP contribution in [0.25, 0.3) is 0 Å². The molecule has 0 spiro atoms. The summed E-state index contributed by atoms with van der Waals surface area (Å²) >= 11 is 2.17. The normalized spacial score (nSPS) is 10.2. The van der Waals surface area contributed by atoms with Gasteiger partial charge in [0.1, 0.15) is 18.2 Å². The molecule has 4 nitrogen and oxygen atoms in total. The first-order valence-electron chi connectivity index (χ1n) is 7.40. The van der Waals surface area contributed by atoms with Crippen LogP contribution in [-0.4, -0.2) is 10.9 Å². The number of rotatable bonds is 5. The summed E-state index contributed by atoms with van der Waals surface area (Å²) in [6, 6.07) is 20.7. The minimum atomic E-state index is -0.214. The zero-order valence-corrected chi connectivity index (χ0v) is 14.9. The van der Waals surface area contributed by atoms with E-state index in [4.69, 9.17) is 4.74 Å². The lowest BCUT2D eigenvalue weighted by molar-refractivity contribution is 0.102. The fourth-order valence-electron chi connectivity index (χ4n) is 2.11. The predicted molar refractivity (Wildman–Crippen MR) is 102 cm³/mol. The maximum atomic E-state index is 12.3. The number of anilines is 1. The van der Waals surface area contributed by atoms with E-state index >= 15 is 0 Å². The van der Waals surface area contributed by atoms with Crippen LogP contribution in [0, 0.1) is 3.57 Å². The molecular formula is C19H15IN2O2. The van der Waals surface area contributed by atoms with E-state index in [0.29, 0.717) is 23.7 Å². The van der Waals surface area contributed by atoms with Gasteiger partial charge in [-0.3, -0.25) is 4.79 Å². The Morgan fingerprint density at radius 1 is 1.04 bits per heavy atom. The summed E-state index contributed by atoms with van der Waals surface area (Å²) < 4.78 is 6.77. The van der Waals surface area contributed by atoms with Crippen molar-refractivity contribution in [2.45, 2.75) is 6.61 Å². The third-order valence-corrected chi connectivity index (χ3v) is 3.95. The Balaban J connectivity index is 1.65. The summed E-state index contributed by atoms with van der Waals surface area (Å²) in [5.41, 5.74) is 1.61. The quantitative estimate of drug-likeness (QED) is 0.606. The van der Waals surface area contributed by atoms with Gasteiger partial charge < -0.3 is 10.1 Å². The maximum absolute atomic E-state index is 12.3. The third-order valence-electron chi connectivity index (χ3n) is 3.31. The Kier molecular flexibility index (Phi) is 5.43. The third kappa shape index (κ3) is 4.55. The standard InChI is InChI=1S/C19H15IN2O2/c20-16-9-10-18(21-12-16)22-19(23)15-7-4-8-17(11-15)24-13-14-5-2-1-3-6-14/h1-12H,13H2,(H,21,22,23). The van der Waals surface area contributed by atoms with Crippen LogP contribution in [0.2, 0.25) is 0 Å². The van der Waals surface area contributed by atoms with Gasteiger partial charge in [-0.25, -0.2) is 4.98 Å². The van der Waals surface area contributed by atoms with Gasteiger partial charge in [0, 0.05) is 15.3 Å². The first-order chi connectivity index (χ1) is 11.7. The molecule has 3 rings (SSSR count). The number of nitrogens with zero attached hydrogens (tertiary/aromatic N) is 1. The molecule has 1 heterocycles. The van der Waals surface area contributed by atoms with Gasteiger partial charge in [0.25, 0.3) is 5.91 Å². The molecule has 2 aromatic carbocycles. The van der Waals surface area contributed by atoms with E-state index in [0.717, 1.165) is 9.13 Å². The highest BCUT2D eigenvalue weighted by Crippen LogP contribution is 2.16. The highest BCUT2D eigenvalue weighted by atomic mass is 127. The summed E-state index contributed by atoms with van der Waals surface area (Å²) in [6.07, 6.45) is 1.70. The number of amides is 1. The van der Waals surface area contributed by atoms with Crippen molar-refractivity contribution in [3.8, 4) is 5.75 Å². The van der Waals surface area contributed by atoms with Crippen molar-refractivity contribution in [3.63, 3.8) is 0 Å². The van der Waals surface area contributed by atoms with Gasteiger partial charge in [0.15, 0.2) is 0 Å². The topological polar surface area (TPSA) is 51.2 Å². The molecule has 0 radical (unpaired) electrons. The second-order valence-electron chi connectivity index (χ2n) is 5.12. The van der Waals surface area contributed by atoms with E-state index in [-0.39, 0.29) is 5.91 Å². The van der Waals surface area contributed by atoms with Crippen LogP contribution in [0.5, 0.6) is 5.75 Å². The van der Waals surface area contributed by atoms with Crippen LogP contribution in [0.15, 0.2) is 72.9 Å². The largest absolute Gasteiger partial charge is 0.489 e. The maximum Gasteiger partial charge on any atom is 0.256 e. The Labute approximate surface area is 154 Å². The van der Waals surface area contributed by atoms with E-state index < -0.39 is 0 Å². The number of halogens is 1. The van der Waals surface area contributed by atoms with Gasteiger partial charge in [-0.05, 0) is 58.5 Å². The lowest BCUT2D eigenvalue weighted by atomic mass is 10.2. The number of aromatic nitrogens is 1. The Bertz CT molecular complexity index is 820. The molecule has 1 aromatic heterocycles. The fraction of sp³-hybridized carbons (Fsp3) is 0.0526. The molecule has 0 bridgehead atoms. The van der Waals surface area contributed by atoms with Crippen molar-refractivity contribution in [2.75, 3.05) is 5.32 Å². The molecule has 120 valence electrons.